The van der Waals surface area contributed by atoms with Crippen molar-refractivity contribution < 1.29 is 13.2 Å². The topological polar surface area (TPSA) is 41.0 Å². The SMILES string of the molecule is CNc1cc(N2CCC(C)CC2C)nc(C(F)(F)F)n1. The molecule has 0 aliphatic carbocycles. The third-order valence-electron chi connectivity index (χ3n) is 3.65. The van der Waals surface area contributed by atoms with Crippen molar-refractivity contribution in [2.45, 2.75) is 38.9 Å². The molecular weight excluding hydrogens is 269 g/mol. The predicted octanol–water partition coefficient (Wildman–Crippen LogP) is 3.16. The Morgan fingerprint density at radius 3 is 2.55 bits per heavy atom. The van der Waals surface area contributed by atoms with Crippen molar-refractivity contribution in [1.29, 1.82) is 0 Å². The first-order valence-electron chi connectivity index (χ1n) is 6.72. The van der Waals surface area contributed by atoms with Crippen LogP contribution in [0.5, 0.6) is 0 Å². The molecule has 2 unspecified atom stereocenters. The van der Waals surface area contributed by atoms with Gasteiger partial charge in [0.2, 0.25) is 5.82 Å². The zero-order valence-electron chi connectivity index (χ0n) is 11.8. The number of nitrogens with one attached hydrogen (secondary N) is 1. The minimum absolute atomic E-state index is 0.180. The van der Waals surface area contributed by atoms with E-state index in [9.17, 15) is 13.2 Å². The highest BCUT2D eigenvalue weighted by Crippen LogP contribution is 2.32. The van der Waals surface area contributed by atoms with Crippen molar-refractivity contribution in [1.82, 2.24) is 9.97 Å². The molecule has 7 heteroatoms. The Morgan fingerprint density at radius 2 is 2.00 bits per heavy atom. The molecule has 1 N–H and O–H groups in total. The van der Waals surface area contributed by atoms with E-state index in [4.69, 9.17) is 0 Å². The van der Waals surface area contributed by atoms with E-state index in [0.29, 0.717) is 11.7 Å². The highest BCUT2D eigenvalue weighted by Gasteiger charge is 2.36. The Hall–Kier alpha value is -1.53. The van der Waals surface area contributed by atoms with Crippen molar-refractivity contribution in [3.05, 3.63) is 11.9 Å². The van der Waals surface area contributed by atoms with E-state index < -0.39 is 12.0 Å². The van der Waals surface area contributed by atoms with Crippen LogP contribution in [0.15, 0.2) is 6.07 Å². The van der Waals surface area contributed by atoms with Gasteiger partial charge >= 0.3 is 6.18 Å². The number of nitrogens with zero attached hydrogens (tertiary/aromatic N) is 3. The summed E-state index contributed by atoms with van der Waals surface area (Å²) in [5.41, 5.74) is 0. The first-order chi connectivity index (χ1) is 9.31. The van der Waals surface area contributed by atoms with Gasteiger partial charge in [-0.15, -0.1) is 0 Å². The van der Waals surface area contributed by atoms with Crippen LogP contribution in [0.3, 0.4) is 0 Å². The lowest BCUT2D eigenvalue weighted by Gasteiger charge is -2.37. The quantitative estimate of drug-likeness (QED) is 0.907. The minimum Gasteiger partial charge on any atom is -0.373 e. The van der Waals surface area contributed by atoms with Crippen LogP contribution < -0.4 is 10.2 Å². The molecule has 0 spiro atoms. The molecule has 1 aromatic rings. The number of rotatable bonds is 2. The summed E-state index contributed by atoms with van der Waals surface area (Å²) >= 11 is 0. The summed E-state index contributed by atoms with van der Waals surface area (Å²) in [5.74, 6) is 0.0309. The third-order valence-corrected chi connectivity index (χ3v) is 3.65. The molecule has 4 nitrogen and oxygen atoms in total. The van der Waals surface area contributed by atoms with Gasteiger partial charge in [-0.1, -0.05) is 6.92 Å². The fourth-order valence-corrected chi connectivity index (χ4v) is 2.58. The van der Waals surface area contributed by atoms with Crippen molar-refractivity contribution in [3.8, 4) is 0 Å². The van der Waals surface area contributed by atoms with Crippen LogP contribution in [0, 0.1) is 5.92 Å². The molecule has 1 aromatic heterocycles. The monoisotopic (exact) mass is 288 g/mol. The average molecular weight is 288 g/mol. The van der Waals surface area contributed by atoms with E-state index in [2.05, 4.69) is 22.2 Å². The molecule has 0 radical (unpaired) electrons. The summed E-state index contributed by atoms with van der Waals surface area (Å²) in [6, 6.07) is 1.75. The van der Waals surface area contributed by atoms with E-state index in [0.717, 1.165) is 19.4 Å². The summed E-state index contributed by atoms with van der Waals surface area (Å²) < 4.78 is 38.5. The highest BCUT2D eigenvalue weighted by atomic mass is 19.4. The first-order valence-corrected chi connectivity index (χ1v) is 6.72. The van der Waals surface area contributed by atoms with E-state index >= 15 is 0 Å². The Bertz CT molecular complexity index is 475. The molecule has 1 aliphatic heterocycles. The normalized spacial score (nSPS) is 23.8. The number of aromatic nitrogens is 2. The maximum Gasteiger partial charge on any atom is 0.451 e. The van der Waals surface area contributed by atoms with Crippen LogP contribution in [-0.4, -0.2) is 29.6 Å². The van der Waals surface area contributed by atoms with Crippen LogP contribution >= 0.6 is 0 Å². The smallest absolute Gasteiger partial charge is 0.373 e. The lowest BCUT2D eigenvalue weighted by Crippen LogP contribution is -2.41. The molecule has 2 rings (SSSR count). The van der Waals surface area contributed by atoms with Crippen LogP contribution in [0.25, 0.3) is 0 Å². The van der Waals surface area contributed by atoms with Gasteiger partial charge in [-0.05, 0) is 25.7 Å². The van der Waals surface area contributed by atoms with E-state index in [1.54, 1.807) is 13.1 Å². The summed E-state index contributed by atoms with van der Waals surface area (Å²) in [7, 11) is 1.55. The molecule has 0 saturated carbocycles. The summed E-state index contributed by atoms with van der Waals surface area (Å²) in [5, 5.41) is 2.66. The van der Waals surface area contributed by atoms with Gasteiger partial charge in [0.1, 0.15) is 11.6 Å². The Balaban J connectivity index is 2.36. The molecule has 0 bridgehead atoms. The van der Waals surface area contributed by atoms with Crippen LogP contribution in [0.2, 0.25) is 0 Å². The zero-order chi connectivity index (χ0) is 14.9. The fraction of sp³-hybridized carbons (Fsp3) is 0.692. The van der Waals surface area contributed by atoms with E-state index in [1.807, 2.05) is 11.8 Å². The number of hydrogen-bond acceptors (Lipinski definition) is 4. The first kappa shape index (κ1) is 14.9. The second-order valence-corrected chi connectivity index (χ2v) is 5.35. The van der Waals surface area contributed by atoms with Gasteiger partial charge in [0.15, 0.2) is 0 Å². The second kappa shape index (κ2) is 5.46. The van der Waals surface area contributed by atoms with Crippen LogP contribution in [0.4, 0.5) is 24.8 Å². The highest BCUT2D eigenvalue weighted by molar-refractivity contribution is 5.50. The lowest BCUT2D eigenvalue weighted by atomic mass is 9.93. The van der Waals surface area contributed by atoms with Gasteiger partial charge in [0.25, 0.3) is 0 Å². The molecule has 2 atom stereocenters. The molecule has 1 saturated heterocycles. The van der Waals surface area contributed by atoms with Gasteiger partial charge in [0, 0.05) is 25.7 Å². The predicted molar refractivity (Wildman–Crippen MR) is 71.8 cm³/mol. The maximum atomic E-state index is 12.8. The molecule has 1 fully saturated rings. The summed E-state index contributed by atoms with van der Waals surface area (Å²) in [4.78, 5) is 9.11. The Morgan fingerprint density at radius 1 is 1.30 bits per heavy atom. The molecule has 112 valence electrons. The van der Waals surface area contributed by atoms with Gasteiger partial charge in [-0.25, -0.2) is 9.97 Å². The fourth-order valence-electron chi connectivity index (χ4n) is 2.58. The van der Waals surface area contributed by atoms with Gasteiger partial charge < -0.3 is 10.2 Å². The second-order valence-electron chi connectivity index (χ2n) is 5.35. The Labute approximate surface area is 116 Å². The standard InChI is InChI=1S/C13H19F3N4/c1-8-4-5-20(9(2)6-8)11-7-10(17-3)18-12(19-11)13(14,15)16/h7-9H,4-6H2,1-3H3,(H,17,18,19). The molecule has 1 aliphatic rings. The number of halogens is 3. The third kappa shape index (κ3) is 3.13. The van der Waals surface area contributed by atoms with Crippen LogP contribution in [0.1, 0.15) is 32.5 Å². The number of alkyl halides is 3. The van der Waals surface area contributed by atoms with Crippen molar-refractivity contribution in [3.63, 3.8) is 0 Å². The summed E-state index contributed by atoms with van der Waals surface area (Å²) in [6.07, 6.45) is -2.61. The van der Waals surface area contributed by atoms with Gasteiger partial charge in [0.05, 0.1) is 0 Å². The lowest BCUT2D eigenvalue weighted by molar-refractivity contribution is -0.144. The maximum absolute atomic E-state index is 12.8. The van der Waals surface area contributed by atoms with Crippen molar-refractivity contribution in [2.24, 2.45) is 5.92 Å². The molecular formula is C13H19F3N4. The van der Waals surface area contributed by atoms with E-state index in [1.165, 1.54) is 0 Å². The van der Waals surface area contributed by atoms with Crippen LogP contribution in [-0.2, 0) is 6.18 Å². The average Bonchev–Trinajstić information content (AvgIpc) is 2.37. The molecule has 2 heterocycles. The van der Waals surface area contributed by atoms with Gasteiger partial charge in [-0.2, -0.15) is 13.2 Å². The zero-order valence-corrected chi connectivity index (χ0v) is 11.8. The number of anilines is 2. The van der Waals surface area contributed by atoms with E-state index in [-0.39, 0.29) is 11.9 Å². The molecule has 0 amide bonds. The largest absolute Gasteiger partial charge is 0.451 e. The summed E-state index contributed by atoms with van der Waals surface area (Å²) in [6.45, 7) is 4.90. The van der Waals surface area contributed by atoms with Crippen molar-refractivity contribution >= 4 is 11.6 Å². The minimum atomic E-state index is -4.53. The van der Waals surface area contributed by atoms with Gasteiger partial charge in [-0.3, -0.25) is 0 Å². The molecule has 0 aromatic carbocycles. The molecule has 20 heavy (non-hydrogen) atoms. The van der Waals surface area contributed by atoms with Crippen molar-refractivity contribution in [2.75, 3.05) is 23.8 Å². The number of piperidine rings is 1. The Kier molecular flexibility index (Phi) is 4.06. The number of hydrogen-bond donors (Lipinski definition) is 1.